The van der Waals surface area contributed by atoms with Gasteiger partial charge in [0, 0.05) is 42.8 Å². The summed E-state index contributed by atoms with van der Waals surface area (Å²) >= 11 is 6.03. The molecule has 0 unspecified atom stereocenters. The minimum absolute atomic E-state index is 0.341. The van der Waals surface area contributed by atoms with Crippen LogP contribution in [0.2, 0.25) is 5.02 Å². The number of halogens is 1. The van der Waals surface area contributed by atoms with Crippen molar-refractivity contribution in [3.8, 4) is 5.75 Å². The summed E-state index contributed by atoms with van der Waals surface area (Å²) in [5, 5.41) is 10.7. The summed E-state index contributed by atoms with van der Waals surface area (Å²) in [5.41, 5.74) is 0.921. The molecule has 0 saturated carbocycles. The maximum absolute atomic E-state index is 9.97. The van der Waals surface area contributed by atoms with Crippen LogP contribution in [0.4, 0.5) is 0 Å². The summed E-state index contributed by atoms with van der Waals surface area (Å²) in [5.74, 6) is 0.341. The molecule has 3 rings (SSSR count). The van der Waals surface area contributed by atoms with Gasteiger partial charge >= 0.3 is 0 Å². The number of hydrogen-bond acceptors (Lipinski definition) is 4. The largest absolute Gasteiger partial charge is 0.508 e. The van der Waals surface area contributed by atoms with Crippen molar-refractivity contribution in [3.05, 3.63) is 28.8 Å². The van der Waals surface area contributed by atoms with Gasteiger partial charge in [-0.25, -0.2) is 0 Å². The molecule has 21 heavy (non-hydrogen) atoms. The molecule has 0 amide bonds. The van der Waals surface area contributed by atoms with E-state index < -0.39 is 0 Å². The fourth-order valence-electron chi connectivity index (χ4n) is 3.34. The van der Waals surface area contributed by atoms with E-state index in [9.17, 15) is 5.11 Å². The van der Waals surface area contributed by atoms with Crippen molar-refractivity contribution in [2.45, 2.75) is 25.4 Å². The number of benzene rings is 1. The summed E-state index contributed by atoms with van der Waals surface area (Å²) < 4.78 is 5.44. The van der Waals surface area contributed by atoms with Crippen LogP contribution < -0.4 is 0 Å². The second kappa shape index (κ2) is 6.97. The average Bonchev–Trinajstić information content (AvgIpc) is 2.52. The van der Waals surface area contributed by atoms with Gasteiger partial charge in [-0.15, -0.1) is 0 Å². The first kappa shape index (κ1) is 15.1. The molecule has 2 fully saturated rings. The molecule has 1 aromatic rings. The SMILES string of the molecule is Oc1ccc(Cl)cc1CN1CCC[C@@H](N2CCOCC2)C1. The van der Waals surface area contributed by atoms with E-state index >= 15 is 0 Å². The summed E-state index contributed by atoms with van der Waals surface area (Å²) in [6.07, 6.45) is 2.47. The summed E-state index contributed by atoms with van der Waals surface area (Å²) in [4.78, 5) is 4.97. The molecule has 2 saturated heterocycles. The molecular formula is C16H23ClN2O2. The van der Waals surface area contributed by atoms with Crippen molar-refractivity contribution in [2.24, 2.45) is 0 Å². The summed E-state index contributed by atoms with van der Waals surface area (Å²) in [6.45, 7) is 6.71. The van der Waals surface area contributed by atoms with E-state index in [1.807, 2.05) is 6.07 Å². The van der Waals surface area contributed by atoms with E-state index in [0.717, 1.165) is 51.5 Å². The molecule has 5 heteroatoms. The van der Waals surface area contributed by atoms with Crippen molar-refractivity contribution in [2.75, 3.05) is 39.4 Å². The minimum atomic E-state index is 0.341. The van der Waals surface area contributed by atoms with Crippen LogP contribution >= 0.6 is 11.6 Å². The van der Waals surface area contributed by atoms with Gasteiger partial charge in [0.2, 0.25) is 0 Å². The molecule has 0 radical (unpaired) electrons. The lowest BCUT2D eigenvalue weighted by Crippen LogP contribution is -2.51. The van der Waals surface area contributed by atoms with Gasteiger partial charge in [-0.05, 0) is 37.6 Å². The van der Waals surface area contributed by atoms with Gasteiger partial charge in [-0.2, -0.15) is 0 Å². The highest BCUT2D eigenvalue weighted by Crippen LogP contribution is 2.25. The van der Waals surface area contributed by atoms with Crippen molar-refractivity contribution in [1.29, 1.82) is 0 Å². The first-order valence-electron chi connectivity index (χ1n) is 7.74. The molecule has 1 atom stereocenters. The Kier molecular flexibility index (Phi) is 5.01. The third-order valence-corrected chi connectivity index (χ3v) is 4.71. The molecule has 116 valence electrons. The smallest absolute Gasteiger partial charge is 0.120 e. The van der Waals surface area contributed by atoms with E-state index in [1.54, 1.807) is 12.1 Å². The highest BCUT2D eigenvalue weighted by molar-refractivity contribution is 6.30. The Morgan fingerprint density at radius 2 is 2.05 bits per heavy atom. The van der Waals surface area contributed by atoms with Crippen LogP contribution in [-0.4, -0.2) is 60.3 Å². The van der Waals surface area contributed by atoms with Crippen molar-refractivity contribution in [1.82, 2.24) is 9.80 Å². The lowest BCUT2D eigenvalue weighted by atomic mass is 10.0. The van der Waals surface area contributed by atoms with Crippen molar-refractivity contribution < 1.29 is 9.84 Å². The number of likely N-dealkylation sites (tertiary alicyclic amines) is 1. The van der Waals surface area contributed by atoms with Gasteiger partial charge in [0.25, 0.3) is 0 Å². The Bertz CT molecular complexity index is 477. The van der Waals surface area contributed by atoms with E-state index in [0.29, 0.717) is 16.8 Å². The molecule has 2 aliphatic heterocycles. The van der Waals surface area contributed by atoms with E-state index in [2.05, 4.69) is 9.80 Å². The number of hydrogen-bond donors (Lipinski definition) is 1. The number of piperidine rings is 1. The monoisotopic (exact) mass is 310 g/mol. The van der Waals surface area contributed by atoms with Crippen LogP contribution in [0.1, 0.15) is 18.4 Å². The number of aromatic hydroxyl groups is 1. The van der Waals surface area contributed by atoms with Crippen LogP contribution in [0.15, 0.2) is 18.2 Å². The Morgan fingerprint density at radius 1 is 1.24 bits per heavy atom. The van der Waals surface area contributed by atoms with Crippen LogP contribution in [0.5, 0.6) is 5.75 Å². The third kappa shape index (κ3) is 3.89. The van der Waals surface area contributed by atoms with Crippen LogP contribution in [-0.2, 0) is 11.3 Å². The number of rotatable bonds is 3. The number of phenolic OH excluding ortho intramolecular Hbond substituents is 1. The second-order valence-corrected chi connectivity index (χ2v) is 6.39. The third-order valence-electron chi connectivity index (χ3n) is 4.48. The molecule has 0 bridgehead atoms. The van der Waals surface area contributed by atoms with E-state index in [4.69, 9.17) is 16.3 Å². The van der Waals surface area contributed by atoms with E-state index in [1.165, 1.54) is 12.8 Å². The maximum atomic E-state index is 9.97. The Balaban J connectivity index is 1.61. The Hall–Kier alpha value is -0.810. The average molecular weight is 311 g/mol. The lowest BCUT2D eigenvalue weighted by molar-refractivity contribution is -0.00364. The van der Waals surface area contributed by atoms with Crippen LogP contribution in [0, 0.1) is 0 Å². The van der Waals surface area contributed by atoms with Gasteiger partial charge in [-0.1, -0.05) is 11.6 Å². The quantitative estimate of drug-likeness (QED) is 0.929. The zero-order valence-corrected chi connectivity index (χ0v) is 13.1. The summed E-state index contributed by atoms with van der Waals surface area (Å²) in [7, 11) is 0. The predicted octanol–water partition coefficient (Wildman–Crippen LogP) is 2.34. The van der Waals surface area contributed by atoms with Gasteiger partial charge in [0.15, 0.2) is 0 Å². The zero-order chi connectivity index (χ0) is 14.7. The molecule has 0 aliphatic carbocycles. The Labute approximate surface area is 131 Å². The molecule has 2 heterocycles. The number of phenols is 1. The van der Waals surface area contributed by atoms with Crippen LogP contribution in [0.25, 0.3) is 0 Å². The molecule has 1 aromatic carbocycles. The summed E-state index contributed by atoms with van der Waals surface area (Å²) in [6, 6.07) is 5.90. The second-order valence-electron chi connectivity index (χ2n) is 5.95. The predicted molar refractivity (Wildman–Crippen MR) is 83.8 cm³/mol. The normalized spacial score (nSPS) is 25.1. The first-order chi connectivity index (χ1) is 10.2. The zero-order valence-electron chi connectivity index (χ0n) is 12.3. The minimum Gasteiger partial charge on any atom is -0.508 e. The highest BCUT2D eigenvalue weighted by Gasteiger charge is 2.26. The number of ether oxygens (including phenoxy) is 1. The molecule has 1 N–H and O–H groups in total. The molecule has 4 nitrogen and oxygen atoms in total. The van der Waals surface area contributed by atoms with Crippen molar-refractivity contribution in [3.63, 3.8) is 0 Å². The van der Waals surface area contributed by atoms with Crippen LogP contribution in [0.3, 0.4) is 0 Å². The van der Waals surface area contributed by atoms with Gasteiger partial charge in [0.05, 0.1) is 13.2 Å². The van der Waals surface area contributed by atoms with Crippen molar-refractivity contribution >= 4 is 11.6 Å². The van der Waals surface area contributed by atoms with Gasteiger partial charge in [-0.3, -0.25) is 9.80 Å². The van der Waals surface area contributed by atoms with Gasteiger partial charge in [0.1, 0.15) is 5.75 Å². The molecule has 0 spiro atoms. The molecule has 2 aliphatic rings. The maximum Gasteiger partial charge on any atom is 0.120 e. The highest BCUT2D eigenvalue weighted by atomic mass is 35.5. The van der Waals surface area contributed by atoms with Gasteiger partial charge < -0.3 is 9.84 Å². The fourth-order valence-corrected chi connectivity index (χ4v) is 3.53. The topological polar surface area (TPSA) is 35.9 Å². The molecular weight excluding hydrogens is 288 g/mol. The first-order valence-corrected chi connectivity index (χ1v) is 8.12. The lowest BCUT2D eigenvalue weighted by Gasteiger charge is -2.41. The number of nitrogens with zero attached hydrogens (tertiary/aromatic N) is 2. The standard InChI is InChI=1S/C16H23ClN2O2/c17-14-3-4-16(20)13(10-14)11-18-5-1-2-15(12-18)19-6-8-21-9-7-19/h3-4,10,15,20H,1-2,5-9,11-12H2/t15-/m1/s1. The number of morpholine rings is 1. The Morgan fingerprint density at radius 3 is 2.86 bits per heavy atom. The van der Waals surface area contributed by atoms with E-state index in [-0.39, 0.29) is 0 Å². The fraction of sp³-hybridized carbons (Fsp3) is 0.625. The molecule has 0 aromatic heterocycles.